The van der Waals surface area contributed by atoms with Gasteiger partial charge in [0.25, 0.3) is 0 Å². The molecule has 4 rings (SSSR count). The predicted octanol–water partition coefficient (Wildman–Crippen LogP) is 5.94. The van der Waals surface area contributed by atoms with E-state index in [4.69, 9.17) is 4.74 Å². The lowest BCUT2D eigenvalue weighted by Crippen LogP contribution is -2.42. The molecule has 1 aliphatic carbocycles. The largest absolute Gasteiger partial charge is 0.497 e. The van der Waals surface area contributed by atoms with Crippen molar-refractivity contribution in [3.8, 4) is 5.75 Å². The van der Waals surface area contributed by atoms with E-state index in [9.17, 15) is 0 Å². The van der Waals surface area contributed by atoms with Crippen molar-refractivity contribution in [3.05, 3.63) is 63.1 Å². The molecule has 0 radical (unpaired) electrons. The van der Waals surface area contributed by atoms with E-state index in [1.807, 2.05) is 0 Å². The van der Waals surface area contributed by atoms with E-state index in [2.05, 4.69) is 64.2 Å². The Morgan fingerprint density at radius 2 is 1.80 bits per heavy atom. The molecule has 1 fully saturated rings. The molecular weight excluding hydrogens is 374 g/mol. The van der Waals surface area contributed by atoms with E-state index in [1.165, 1.54) is 47.7 Å². The van der Waals surface area contributed by atoms with Crippen molar-refractivity contribution in [1.82, 2.24) is 4.90 Å². The summed E-state index contributed by atoms with van der Waals surface area (Å²) in [6.07, 6.45) is 6.62. The number of rotatable bonds is 3. The Bertz CT molecular complexity index is 762. The molecule has 0 saturated heterocycles. The molecule has 2 aromatic carbocycles. The number of nitrogens with zero attached hydrogens (tertiary/aromatic N) is 1. The summed E-state index contributed by atoms with van der Waals surface area (Å²) in [4.78, 5) is 2.73. The van der Waals surface area contributed by atoms with Crippen molar-refractivity contribution in [1.29, 1.82) is 0 Å². The zero-order chi connectivity index (χ0) is 17.4. The second-order valence-electron chi connectivity index (χ2n) is 7.55. The van der Waals surface area contributed by atoms with Crippen LogP contribution in [-0.4, -0.2) is 12.0 Å². The van der Waals surface area contributed by atoms with Gasteiger partial charge in [-0.1, -0.05) is 47.3 Å². The quantitative estimate of drug-likeness (QED) is 0.632. The van der Waals surface area contributed by atoms with Gasteiger partial charge in [0.1, 0.15) is 5.75 Å². The van der Waals surface area contributed by atoms with Gasteiger partial charge in [-0.25, -0.2) is 0 Å². The highest BCUT2D eigenvalue weighted by atomic mass is 79.9. The Morgan fingerprint density at radius 3 is 2.48 bits per heavy atom. The molecule has 2 aliphatic rings. The zero-order valence-corrected chi connectivity index (χ0v) is 16.7. The summed E-state index contributed by atoms with van der Waals surface area (Å²) in [6.45, 7) is 4.34. The van der Waals surface area contributed by atoms with Crippen LogP contribution in [0.4, 0.5) is 0 Å². The summed E-state index contributed by atoms with van der Waals surface area (Å²) in [5.74, 6) is 0.931. The van der Waals surface area contributed by atoms with Crippen LogP contribution in [0.5, 0.6) is 5.75 Å². The molecule has 2 nitrogen and oxygen atoms in total. The van der Waals surface area contributed by atoms with Gasteiger partial charge in [0.2, 0.25) is 0 Å². The first-order valence-corrected chi connectivity index (χ1v) is 10.1. The maximum absolute atomic E-state index is 5.31. The van der Waals surface area contributed by atoms with E-state index < -0.39 is 0 Å². The van der Waals surface area contributed by atoms with Crippen LogP contribution in [0.3, 0.4) is 0 Å². The van der Waals surface area contributed by atoms with Crippen molar-refractivity contribution in [2.24, 2.45) is 0 Å². The Morgan fingerprint density at radius 1 is 1.08 bits per heavy atom. The number of hydrogen-bond acceptors (Lipinski definition) is 2. The first-order chi connectivity index (χ1) is 12.1. The fraction of sp³-hybridized carbons (Fsp3) is 0.455. The van der Waals surface area contributed by atoms with Crippen LogP contribution in [0, 0.1) is 6.92 Å². The van der Waals surface area contributed by atoms with Gasteiger partial charge in [0.05, 0.1) is 7.11 Å². The third-order valence-electron chi connectivity index (χ3n) is 6.11. The van der Waals surface area contributed by atoms with Gasteiger partial charge < -0.3 is 4.74 Å². The van der Waals surface area contributed by atoms with E-state index in [1.54, 1.807) is 18.2 Å². The van der Waals surface area contributed by atoms with Gasteiger partial charge in [-0.15, -0.1) is 0 Å². The summed E-state index contributed by atoms with van der Waals surface area (Å²) in [6, 6.07) is 13.2. The molecule has 1 spiro atoms. The fourth-order valence-electron chi connectivity index (χ4n) is 4.79. The number of aryl methyl sites for hydroxylation is 1. The van der Waals surface area contributed by atoms with Crippen molar-refractivity contribution in [2.45, 2.75) is 57.7 Å². The minimum absolute atomic E-state index is 0.224. The van der Waals surface area contributed by atoms with Crippen LogP contribution in [0.1, 0.15) is 54.4 Å². The number of halogens is 1. The molecule has 132 valence electrons. The van der Waals surface area contributed by atoms with Crippen molar-refractivity contribution in [2.75, 3.05) is 7.11 Å². The molecule has 0 amide bonds. The minimum atomic E-state index is 0.224. The average Bonchev–Trinajstić information content (AvgIpc) is 2.90. The Kier molecular flexibility index (Phi) is 4.63. The molecule has 0 unspecified atom stereocenters. The molecule has 1 heterocycles. The van der Waals surface area contributed by atoms with E-state index in [0.717, 1.165) is 18.8 Å². The monoisotopic (exact) mass is 399 g/mol. The van der Waals surface area contributed by atoms with Gasteiger partial charge in [-0.05, 0) is 66.3 Å². The smallest absolute Gasteiger partial charge is 0.118 e. The minimum Gasteiger partial charge on any atom is -0.497 e. The summed E-state index contributed by atoms with van der Waals surface area (Å²) >= 11 is 3.74. The molecule has 0 aromatic heterocycles. The molecule has 1 aliphatic heterocycles. The standard InChI is InChI=1S/C22H26BrNO/c1-16-12-18(23)13-21-20(16)15-24(22(21)10-4-3-5-11-22)14-17-6-8-19(25-2)9-7-17/h6-9,12-13H,3-5,10-11,14-15H2,1-2H3. The van der Waals surface area contributed by atoms with Gasteiger partial charge >= 0.3 is 0 Å². The second kappa shape index (κ2) is 6.77. The molecule has 0 N–H and O–H groups in total. The van der Waals surface area contributed by atoms with Crippen LogP contribution in [0.25, 0.3) is 0 Å². The second-order valence-corrected chi connectivity index (χ2v) is 8.46. The maximum atomic E-state index is 5.31. The van der Waals surface area contributed by atoms with Crippen LogP contribution in [0.2, 0.25) is 0 Å². The van der Waals surface area contributed by atoms with Crippen molar-refractivity contribution >= 4 is 15.9 Å². The molecule has 0 bridgehead atoms. The van der Waals surface area contributed by atoms with Crippen molar-refractivity contribution in [3.63, 3.8) is 0 Å². The first-order valence-electron chi connectivity index (χ1n) is 9.30. The molecular formula is C22H26BrNO. The maximum Gasteiger partial charge on any atom is 0.118 e. The summed E-state index contributed by atoms with van der Waals surface area (Å²) in [7, 11) is 1.73. The van der Waals surface area contributed by atoms with Gasteiger partial charge in [0.15, 0.2) is 0 Å². The van der Waals surface area contributed by atoms with E-state index in [-0.39, 0.29) is 5.54 Å². The van der Waals surface area contributed by atoms with Crippen molar-refractivity contribution < 1.29 is 4.74 Å². The highest BCUT2D eigenvalue weighted by molar-refractivity contribution is 9.10. The van der Waals surface area contributed by atoms with Gasteiger partial charge in [0, 0.05) is 23.1 Å². The highest BCUT2D eigenvalue weighted by Crippen LogP contribution is 2.50. The van der Waals surface area contributed by atoms with Crippen LogP contribution in [-0.2, 0) is 18.6 Å². The van der Waals surface area contributed by atoms with Gasteiger partial charge in [-0.2, -0.15) is 0 Å². The summed E-state index contributed by atoms with van der Waals surface area (Å²) < 4.78 is 6.53. The number of methoxy groups -OCH3 is 1. The molecule has 3 heteroatoms. The van der Waals surface area contributed by atoms with Crippen LogP contribution >= 0.6 is 15.9 Å². The average molecular weight is 400 g/mol. The van der Waals surface area contributed by atoms with E-state index in [0.29, 0.717) is 0 Å². The number of hydrogen-bond donors (Lipinski definition) is 0. The number of benzene rings is 2. The molecule has 2 aromatic rings. The molecule has 1 saturated carbocycles. The van der Waals surface area contributed by atoms with Crippen LogP contribution in [0.15, 0.2) is 40.9 Å². The van der Waals surface area contributed by atoms with E-state index >= 15 is 0 Å². The lowest BCUT2D eigenvalue weighted by molar-refractivity contribution is 0.0537. The topological polar surface area (TPSA) is 12.5 Å². The third kappa shape index (κ3) is 3.02. The highest BCUT2D eigenvalue weighted by Gasteiger charge is 2.45. The van der Waals surface area contributed by atoms with Crippen LogP contribution < -0.4 is 4.74 Å². The lowest BCUT2D eigenvalue weighted by atomic mass is 9.76. The Hall–Kier alpha value is -1.32. The Balaban J connectivity index is 1.70. The summed E-state index contributed by atoms with van der Waals surface area (Å²) in [5, 5.41) is 0. The molecule has 0 atom stereocenters. The first kappa shape index (κ1) is 17.1. The Labute approximate surface area is 159 Å². The zero-order valence-electron chi connectivity index (χ0n) is 15.1. The molecule has 25 heavy (non-hydrogen) atoms. The lowest BCUT2D eigenvalue weighted by Gasteiger charge is -2.42. The third-order valence-corrected chi connectivity index (χ3v) is 6.56. The predicted molar refractivity (Wildman–Crippen MR) is 106 cm³/mol. The SMILES string of the molecule is COc1ccc(CN2Cc3c(C)cc(Br)cc3C23CCCCC3)cc1. The normalized spacial score (nSPS) is 19.2. The fourth-order valence-corrected chi connectivity index (χ4v) is 5.36. The summed E-state index contributed by atoms with van der Waals surface area (Å²) in [5.41, 5.74) is 6.15. The number of fused-ring (bicyclic) bond motifs is 2. The van der Waals surface area contributed by atoms with Gasteiger partial charge in [-0.3, -0.25) is 4.90 Å². The number of ether oxygens (including phenoxy) is 1.